The summed E-state index contributed by atoms with van der Waals surface area (Å²) in [5.41, 5.74) is 1.71. The van der Waals surface area contributed by atoms with Gasteiger partial charge in [0.2, 0.25) is 0 Å². The van der Waals surface area contributed by atoms with E-state index in [2.05, 4.69) is 26.0 Å². The van der Waals surface area contributed by atoms with E-state index in [4.69, 9.17) is 0 Å². The quantitative estimate of drug-likeness (QED) is 0.482. The number of imide groups is 1. The van der Waals surface area contributed by atoms with Crippen LogP contribution < -0.4 is 5.32 Å². The van der Waals surface area contributed by atoms with E-state index >= 15 is 0 Å². The minimum atomic E-state index is -0.665. The van der Waals surface area contributed by atoms with Gasteiger partial charge in [-0.25, -0.2) is 9.69 Å². The van der Waals surface area contributed by atoms with Crippen LogP contribution in [0.3, 0.4) is 0 Å². The second-order valence-corrected chi connectivity index (χ2v) is 6.15. The highest BCUT2D eigenvalue weighted by molar-refractivity contribution is 9.10. The molecule has 2 aromatic rings. The first-order valence-electron chi connectivity index (χ1n) is 7.34. The molecule has 0 atom stereocenters. The molecule has 0 spiro atoms. The van der Waals surface area contributed by atoms with Crippen LogP contribution >= 0.6 is 15.9 Å². The predicted octanol–water partition coefficient (Wildman–Crippen LogP) is 2.31. The number of nitrogens with one attached hydrogen (secondary N) is 1. The zero-order chi connectivity index (χ0) is 18.0. The highest BCUT2D eigenvalue weighted by Gasteiger charge is 2.35. The van der Waals surface area contributed by atoms with Crippen LogP contribution in [0.15, 0.2) is 52.8 Å². The first-order chi connectivity index (χ1) is 12.0. The summed E-state index contributed by atoms with van der Waals surface area (Å²) in [7, 11) is 1.20. The highest BCUT2D eigenvalue weighted by atomic mass is 79.9. The lowest BCUT2D eigenvalue weighted by atomic mass is 10.2. The first-order valence-corrected chi connectivity index (χ1v) is 8.13. The number of ether oxygens (including phenoxy) is 1. The van der Waals surface area contributed by atoms with Gasteiger partial charge in [0.25, 0.3) is 5.91 Å². The number of carbonyl (C=O) groups is 3. The molecule has 128 valence electrons. The van der Waals surface area contributed by atoms with Gasteiger partial charge in [-0.1, -0.05) is 22.0 Å². The molecule has 1 aliphatic rings. The zero-order valence-corrected chi connectivity index (χ0v) is 14.8. The summed E-state index contributed by atoms with van der Waals surface area (Å²) in [6, 6.07) is 10.7. The molecule has 1 N–H and O–H groups in total. The van der Waals surface area contributed by atoms with Crippen LogP contribution in [0.2, 0.25) is 0 Å². The fourth-order valence-electron chi connectivity index (χ4n) is 2.43. The number of halogens is 1. The van der Waals surface area contributed by atoms with E-state index in [1.165, 1.54) is 7.11 Å². The van der Waals surface area contributed by atoms with Gasteiger partial charge in [0, 0.05) is 22.1 Å². The molecule has 8 heteroatoms. The second-order valence-electron chi connectivity index (χ2n) is 5.24. The predicted molar refractivity (Wildman–Crippen MR) is 93.7 cm³/mol. The molecule has 0 radical (unpaired) electrons. The standard InChI is InChI=1S/C17H14BrN3O4/c1-25-15(22)10-21-16(23)14(19-17(21)24)9-13-6-3-7-20(13)12-5-2-4-11(18)8-12/h2-9H,10H2,1H3,(H,19,24)/b14-9+. The Morgan fingerprint density at radius 3 is 2.80 bits per heavy atom. The maximum absolute atomic E-state index is 12.3. The number of urea groups is 1. The van der Waals surface area contributed by atoms with Crippen molar-refractivity contribution >= 4 is 39.9 Å². The number of aromatic nitrogens is 1. The molecular weight excluding hydrogens is 390 g/mol. The van der Waals surface area contributed by atoms with Crippen LogP contribution in [0.25, 0.3) is 11.8 Å². The van der Waals surface area contributed by atoms with Crippen molar-refractivity contribution in [1.29, 1.82) is 0 Å². The molecule has 1 saturated heterocycles. The largest absolute Gasteiger partial charge is 0.468 e. The molecule has 1 fully saturated rings. The summed E-state index contributed by atoms with van der Waals surface area (Å²) in [4.78, 5) is 36.4. The number of methoxy groups -OCH3 is 1. The number of benzene rings is 1. The molecule has 0 bridgehead atoms. The van der Waals surface area contributed by atoms with Crippen molar-refractivity contribution in [2.24, 2.45) is 0 Å². The smallest absolute Gasteiger partial charge is 0.329 e. The molecule has 0 aliphatic carbocycles. The summed E-state index contributed by atoms with van der Waals surface area (Å²) < 4.78 is 7.30. The average Bonchev–Trinajstić information content (AvgIpc) is 3.15. The fourth-order valence-corrected chi connectivity index (χ4v) is 2.82. The van der Waals surface area contributed by atoms with Crippen molar-refractivity contribution in [3.8, 4) is 5.69 Å². The number of amides is 3. The number of hydrogen-bond acceptors (Lipinski definition) is 4. The van der Waals surface area contributed by atoms with E-state index in [0.29, 0.717) is 5.69 Å². The minimum Gasteiger partial charge on any atom is -0.468 e. The van der Waals surface area contributed by atoms with Gasteiger partial charge in [0.05, 0.1) is 7.11 Å². The molecular formula is C17H14BrN3O4. The highest BCUT2D eigenvalue weighted by Crippen LogP contribution is 2.20. The summed E-state index contributed by atoms with van der Waals surface area (Å²) in [6.45, 7) is -0.425. The Hall–Kier alpha value is -2.87. The summed E-state index contributed by atoms with van der Waals surface area (Å²) in [5.74, 6) is -1.24. The molecule has 25 heavy (non-hydrogen) atoms. The number of hydrogen-bond donors (Lipinski definition) is 1. The van der Waals surface area contributed by atoms with E-state index in [1.54, 1.807) is 6.08 Å². The lowest BCUT2D eigenvalue weighted by Crippen LogP contribution is -2.36. The lowest BCUT2D eigenvalue weighted by Gasteiger charge is -2.09. The maximum Gasteiger partial charge on any atom is 0.329 e. The molecule has 1 aromatic heterocycles. The molecule has 2 heterocycles. The van der Waals surface area contributed by atoms with E-state index in [0.717, 1.165) is 15.1 Å². The summed E-state index contributed by atoms with van der Waals surface area (Å²) in [6.07, 6.45) is 3.42. The van der Waals surface area contributed by atoms with Crippen LogP contribution in [-0.4, -0.2) is 41.0 Å². The fraction of sp³-hybridized carbons (Fsp3) is 0.118. The second kappa shape index (κ2) is 6.94. The summed E-state index contributed by atoms with van der Waals surface area (Å²) in [5, 5.41) is 2.48. The first kappa shape index (κ1) is 17.0. The van der Waals surface area contributed by atoms with Crippen molar-refractivity contribution in [1.82, 2.24) is 14.8 Å². The SMILES string of the molecule is COC(=O)CN1C(=O)N/C(=C/c2cccn2-c2cccc(Br)c2)C1=O. The molecule has 1 aromatic carbocycles. The van der Waals surface area contributed by atoms with Crippen molar-refractivity contribution in [2.45, 2.75) is 0 Å². The van der Waals surface area contributed by atoms with E-state index in [9.17, 15) is 14.4 Å². The molecule has 1 aliphatic heterocycles. The van der Waals surface area contributed by atoms with Gasteiger partial charge in [-0.3, -0.25) is 9.59 Å². The van der Waals surface area contributed by atoms with Crippen LogP contribution in [0.1, 0.15) is 5.69 Å². The molecule has 0 unspecified atom stereocenters. The van der Waals surface area contributed by atoms with E-state index < -0.39 is 24.5 Å². The topological polar surface area (TPSA) is 80.6 Å². The number of rotatable bonds is 4. The third kappa shape index (κ3) is 3.48. The Bertz CT molecular complexity index is 888. The number of esters is 1. The Kier molecular flexibility index (Phi) is 4.71. The van der Waals surface area contributed by atoms with Gasteiger partial charge in [0.1, 0.15) is 12.2 Å². The van der Waals surface area contributed by atoms with Crippen LogP contribution in [0, 0.1) is 0 Å². The minimum absolute atomic E-state index is 0.101. The summed E-state index contributed by atoms with van der Waals surface area (Å²) >= 11 is 3.43. The normalized spacial score (nSPS) is 15.6. The van der Waals surface area contributed by atoms with Gasteiger partial charge in [-0.05, 0) is 36.4 Å². The monoisotopic (exact) mass is 403 g/mol. The number of nitrogens with zero attached hydrogens (tertiary/aromatic N) is 2. The molecule has 3 amide bonds. The molecule has 3 rings (SSSR count). The van der Waals surface area contributed by atoms with Gasteiger partial charge >= 0.3 is 12.0 Å². The van der Waals surface area contributed by atoms with Crippen molar-refractivity contribution in [2.75, 3.05) is 13.7 Å². The third-order valence-corrected chi connectivity index (χ3v) is 4.13. The maximum atomic E-state index is 12.3. The third-order valence-electron chi connectivity index (χ3n) is 3.64. The Morgan fingerprint density at radius 2 is 2.08 bits per heavy atom. The van der Waals surface area contributed by atoms with Gasteiger partial charge in [-0.15, -0.1) is 0 Å². The van der Waals surface area contributed by atoms with Gasteiger partial charge in [-0.2, -0.15) is 0 Å². The van der Waals surface area contributed by atoms with Crippen molar-refractivity contribution in [3.05, 3.63) is 58.5 Å². The van der Waals surface area contributed by atoms with Crippen LogP contribution in [0.4, 0.5) is 4.79 Å². The zero-order valence-electron chi connectivity index (χ0n) is 13.2. The Morgan fingerprint density at radius 1 is 1.28 bits per heavy atom. The van der Waals surface area contributed by atoms with E-state index in [-0.39, 0.29) is 5.70 Å². The average molecular weight is 404 g/mol. The molecule has 0 saturated carbocycles. The van der Waals surface area contributed by atoms with E-state index in [1.807, 2.05) is 47.2 Å². The number of carbonyl (C=O) groups excluding carboxylic acids is 3. The van der Waals surface area contributed by atoms with Gasteiger partial charge in [0.15, 0.2) is 0 Å². The molecule has 7 nitrogen and oxygen atoms in total. The van der Waals surface area contributed by atoms with Crippen molar-refractivity contribution in [3.63, 3.8) is 0 Å². The Balaban J connectivity index is 1.90. The van der Waals surface area contributed by atoms with Crippen LogP contribution in [0.5, 0.6) is 0 Å². The lowest BCUT2D eigenvalue weighted by molar-refractivity contribution is -0.143. The van der Waals surface area contributed by atoms with Gasteiger partial charge < -0.3 is 14.6 Å². The van der Waals surface area contributed by atoms with Crippen LogP contribution in [-0.2, 0) is 14.3 Å². The van der Waals surface area contributed by atoms with Crippen molar-refractivity contribution < 1.29 is 19.1 Å². The Labute approximate surface area is 152 Å².